The molecule has 0 aromatic carbocycles. The van der Waals surface area contributed by atoms with Crippen molar-refractivity contribution in [1.82, 2.24) is 0 Å². The van der Waals surface area contributed by atoms with Gasteiger partial charge in [-0.2, -0.15) is 0 Å². The molecular weight excluding hydrogens is 104 g/mol. The maximum atomic E-state index is 4.96. The van der Waals surface area contributed by atoms with Crippen molar-refractivity contribution < 1.29 is 4.43 Å². The Labute approximate surface area is 47.0 Å². The van der Waals surface area contributed by atoms with Gasteiger partial charge in [0.2, 0.25) is 9.76 Å². The molecular formula is C5H8OSi. The standard InChI is InChI=1S/C5H8OSi/c1-3-4-5-6-7-2/h1H,4-5H2,2H3. The number of hydrogen-bond acceptors (Lipinski definition) is 1. The van der Waals surface area contributed by atoms with Crippen molar-refractivity contribution >= 4 is 9.76 Å². The van der Waals surface area contributed by atoms with Crippen molar-refractivity contribution in [2.75, 3.05) is 6.61 Å². The van der Waals surface area contributed by atoms with Gasteiger partial charge in [0.1, 0.15) is 0 Å². The molecule has 2 radical (unpaired) electrons. The van der Waals surface area contributed by atoms with E-state index in [1.807, 2.05) is 6.55 Å². The van der Waals surface area contributed by atoms with Crippen LogP contribution in [0.3, 0.4) is 0 Å². The lowest BCUT2D eigenvalue weighted by Gasteiger charge is -1.90. The molecule has 0 amide bonds. The van der Waals surface area contributed by atoms with Crippen LogP contribution in [0.1, 0.15) is 6.42 Å². The Kier molecular flexibility index (Phi) is 5.52. The third-order valence-corrected chi connectivity index (χ3v) is 0.986. The zero-order valence-corrected chi connectivity index (χ0v) is 5.40. The summed E-state index contributed by atoms with van der Waals surface area (Å²) in [6.07, 6.45) is 5.68. The lowest BCUT2D eigenvalue weighted by atomic mass is 10.5. The van der Waals surface area contributed by atoms with E-state index in [9.17, 15) is 0 Å². The Balaban J connectivity index is 2.60. The van der Waals surface area contributed by atoms with Crippen molar-refractivity contribution in [1.29, 1.82) is 0 Å². The van der Waals surface area contributed by atoms with E-state index >= 15 is 0 Å². The first kappa shape index (κ1) is 6.74. The van der Waals surface area contributed by atoms with Gasteiger partial charge in [0.15, 0.2) is 0 Å². The molecule has 38 valence electrons. The lowest BCUT2D eigenvalue weighted by Crippen LogP contribution is -1.93. The van der Waals surface area contributed by atoms with E-state index in [1.165, 1.54) is 0 Å². The van der Waals surface area contributed by atoms with Crippen molar-refractivity contribution in [3.8, 4) is 12.3 Å². The summed E-state index contributed by atoms with van der Waals surface area (Å²) in [4.78, 5) is 0. The van der Waals surface area contributed by atoms with Crippen molar-refractivity contribution in [2.45, 2.75) is 13.0 Å². The summed E-state index contributed by atoms with van der Waals surface area (Å²) < 4.78 is 4.96. The number of terminal acetylenes is 1. The molecule has 0 fully saturated rings. The summed E-state index contributed by atoms with van der Waals surface area (Å²) >= 11 is 0. The summed E-state index contributed by atoms with van der Waals surface area (Å²) in [5.41, 5.74) is 0. The first-order valence-corrected chi connectivity index (χ1v) is 3.54. The largest absolute Gasteiger partial charge is 0.417 e. The molecule has 0 bridgehead atoms. The van der Waals surface area contributed by atoms with Gasteiger partial charge in [-0.3, -0.25) is 0 Å². The van der Waals surface area contributed by atoms with Gasteiger partial charge in [-0.15, -0.1) is 12.3 Å². The predicted octanol–water partition coefficient (Wildman–Crippen LogP) is 0.694. The fraction of sp³-hybridized carbons (Fsp3) is 0.600. The average molecular weight is 112 g/mol. The monoisotopic (exact) mass is 112 g/mol. The van der Waals surface area contributed by atoms with Gasteiger partial charge in [-0.1, -0.05) is 0 Å². The van der Waals surface area contributed by atoms with Gasteiger partial charge < -0.3 is 4.43 Å². The van der Waals surface area contributed by atoms with Crippen molar-refractivity contribution in [3.63, 3.8) is 0 Å². The molecule has 0 aromatic rings. The van der Waals surface area contributed by atoms with Crippen LogP contribution in [0, 0.1) is 12.3 Å². The second kappa shape index (κ2) is 5.74. The molecule has 0 unspecified atom stereocenters. The molecule has 0 aliphatic carbocycles. The van der Waals surface area contributed by atoms with E-state index in [0.717, 1.165) is 6.42 Å². The molecule has 2 heteroatoms. The highest BCUT2D eigenvalue weighted by molar-refractivity contribution is 6.24. The molecule has 1 nitrogen and oxygen atoms in total. The Hall–Kier alpha value is -0.263. The average Bonchev–Trinajstić information content (AvgIpc) is 1.69. The normalized spacial score (nSPS) is 8.00. The smallest absolute Gasteiger partial charge is 0.226 e. The zero-order valence-electron chi connectivity index (χ0n) is 4.40. The first-order chi connectivity index (χ1) is 3.41. The molecule has 0 aliphatic rings. The summed E-state index contributed by atoms with van der Waals surface area (Å²) in [6, 6.07) is 0. The van der Waals surface area contributed by atoms with Crippen LogP contribution in [-0.4, -0.2) is 16.4 Å². The van der Waals surface area contributed by atoms with E-state index in [0.29, 0.717) is 16.4 Å². The summed E-state index contributed by atoms with van der Waals surface area (Å²) in [7, 11) is 0.572. The third kappa shape index (κ3) is 5.74. The minimum Gasteiger partial charge on any atom is -0.417 e. The van der Waals surface area contributed by atoms with Gasteiger partial charge >= 0.3 is 0 Å². The highest BCUT2D eigenvalue weighted by Crippen LogP contribution is 1.74. The van der Waals surface area contributed by atoms with Gasteiger partial charge in [-0.05, 0) is 6.55 Å². The Morgan fingerprint density at radius 1 is 1.86 bits per heavy atom. The van der Waals surface area contributed by atoms with Crippen LogP contribution >= 0.6 is 0 Å². The molecule has 0 heterocycles. The van der Waals surface area contributed by atoms with Crippen LogP contribution < -0.4 is 0 Å². The topological polar surface area (TPSA) is 9.23 Å². The molecule has 0 aromatic heterocycles. The Morgan fingerprint density at radius 2 is 2.57 bits per heavy atom. The Morgan fingerprint density at radius 3 is 3.00 bits per heavy atom. The molecule has 0 saturated heterocycles. The van der Waals surface area contributed by atoms with E-state index in [4.69, 9.17) is 10.8 Å². The molecule has 0 atom stereocenters. The van der Waals surface area contributed by atoms with Crippen molar-refractivity contribution in [2.24, 2.45) is 0 Å². The second-order valence-corrected chi connectivity index (χ2v) is 1.70. The minimum absolute atomic E-state index is 0.572. The van der Waals surface area contributed by atoms with Crippen LogP contribution in [0.5, 0.6) is 0 Å². The van der Waals surface area contributed by atoms with Crippen LogP contribution in [0.25, 0.3) is 0 Å². The van der Waals surface area contributed by atoms with Crippen molar-refractivity contribution in [3.05, 3.63) is 0 Å². The fourth-order valence-electron chi connectivity index (χ4n) is 0.212. The van der Waals surface area contributed by atoms with Crippen LogP contribution in [0.15, 0.2) is 0 Å². The Bertz CT molecular complexity index is 65.0. The second-order valence-electron chi connectivity index (χ2n) is 1.01. The van der Waals surface area contributed by atoms with E-state index in [-0.39, 0.29) is 0 Å². The fourth-order valence-corrected chi connectivity index (χ4v) is 0.518. The summed E-state index contributed by atoms with van der Waals surface area (Å²) in [5, 5.41) is 0. The zero-order chi connectivity index (χ0) is 5.54. The summed E-state index contributed by atoms with van der Waals surface area (Å²) in [6.45, 7) is 2.70. The predicted molar refractivity (Wildman–Crippen MR) is 31.0 cm³/mol. The lowest BCUT2D eigenvalue weighted by molar-refractivity contribution is 0.349. The van der Waals surface area contributed by atoms with E-state index < -0.39 is 0 Å². The first-order valence-electron chi connectivity index (χ1n) is 2.14. The van der Waals surface area contributed by atoms with Gasteiger partial charge in [-0.25, -0.2) is 0 Å². The van der Waals surface area contributed by atoms with E-state index in [1.54, 1.807) is 0 Å². The SMILES string of the molecule is C#CCCO[Si]C. The van der Waals surface area contributed by atoms with Gasteiger partial charge in [0, 0.05) is 13.0 Å². The van der Waals surface area contributed by atoms with Crippen LogP contribution in [-0.2, 0) is 4.43 Å². The molecule has 0 aliphatic heterocycles. The maximum absolute atomic E-state index is 4.96. The van der Waals surface area contributed by atoms with Gasteiger partial charge in [0.05, 0.1) is 0 Å². The third-order valence-electron chi connectivity index (χ3n) is 0.493. The minimum atomic E-state index is 0.572. The maximum Gasteiger partial charge on any atom is 0.226 e. The van der Waals surface area contributed by atoms with Gasteiger partial charge in [0.25, 0.3) is 0 Å². The highest BCUT2D eigenvalue weighted by atomic mass is 28.2. The van der Waals surface area contributed by atoms with Crippen LogP contribution in [0.4, 0.5) is 0 Å². The van der Waals surface area contributed by atoms with Crippen LogP contribution in [0.2, 0.25) is 6.55 Å². The molecule has 0 saturated carbocycles. The number of hydrogen-bond donors (Lipinski definition) is 0. The molecule has 0 rings (SSSR count). The quantitative estimate of drug-likeness (QED) is 0.296. The molecule has 7 heavy (non-hydrogen) atoms. The molecule has 0 spiro atoms. The highest BCUT2D eigenvalue weighted by Gasteiger charge is 1.77. The summed E-state index contributed by atoms with van der Waals surface area (Å²) in [5.74, 6) is 2.48. The van der Waals surface area contributed by atoms with E-state index in [2.05, 4.69) is 5.92 Å². The number of rotatable bonds is 3. The molecule has 0 N–H and O–H groups in total.